The zero-order chi connectivity index (χ0) is 14.8. The average molecular weight is 277 g/mol. The van der Waals surface area contributed by atoms with Gasteiger partial charge in [-0.25, -0.2) is 0 Å². The van der Waals surface area contributed by atoms with Crippen molar-refractivity contribution in [2.75, 3.05) is 6.61 Å². The molecule has 4 atom stereocenters. The molecule has 114 valence electrons. The molecular formula is C18H31NO. The van der Waals surface area contributed by atoms with Gasteiger partial charge in [0.05, 0.1) is 24.7 Å². The summed E-state index contributed by atoms with van der Waals surface area (Å²) >= 11 is 0. The Bertz CT molecular complexity index is 368. The molecule has 2 aliphatic rings. The van der Waals surface area contributed by atoms with E-state index in [1.807, 2.05) is 0 Å². The van der Waals surface area contributed by atoms with Gasteiger partial charge >= 0.3 is 0 Å². The predicted molar refractivity (Wildman–Crippen MR) is 82.2 cm³/mol. The molecule has 0 aliphatic heterocycles. The minimum atomic E-state index is -0.169. The summed E-state index contributed by atoms with van der Waals surface area (Å²) in [6, 6.07) is 2.44. The number of hydrogen-bond acceptors (Lipinski definition) is 2. The fraction of sp³-hybridized carbons (Fsp3) is 0.944. The van der Waals surface area contributed by atoms with Gasteiger partial charge in [-0.05, 0) is 48.9 Å². The van der Waals surface area contributed by atoms with Gasteiger partial charge in [0.15, 0.2) is 0 Å². The van der Waals surface area contributed by atoms with Crippen molar-refractivity contribution < 1.29 is 4.74 Å². The normalized spacial score (nSPS) is 37.5. The molecule has 0 aromatic heterocycles. The van der Waals surface area contributed by atoms with E-state index < -0.39 is 0 Å². The first-order valence-corrected chi connectivity index (χ1v) is 8.44. The highest BCUT2D eigenvalue weighted by molar-refractivity contribution is 5.04. The maximum Gasteiger partial charge on any atom is 0.0865 e. The maximum atomic E-state index is 9.36. The van der Waals surface area contributed by atoms with Gasteiger partial charge in [-0.15, -0.1) is 0 Å². The lowest BCUT2D eigenvalue weighted by Gasteiger charge is -2.53. The van der Waals surface area contributed by atoms with Crippen molar-refractivity contribution in [3.63, 3.8) is 0 Å². The Balaban J connectivity index is 2.17. The quantitative estimate of drug-likeness (QED) is 0.713. The molecule has 2 saturated carbocycles. The molecule has 0 N–H and O–H groups in total. The Morgan fingerprint density at radius 1 is 1.30 bits per heavy atom. The molecule has 0 heterocycles. The molecule has 0 aromatic carbocycles. The molecule has 2 bridgehead atoms. The fourth-order valence-corrected chi connectivity index (χ4v) is 4.24. The Hall–Kier alpha value is -0.550. The summed E-state index contributed by atoms with van der Waals surface area (Å²) in [5.41, 5.74) is 0.0474. The van der Waals surface area contributed by atoms with Gasteiger partial charge in [0, 0.05) is 0 Å². The molecule has 2 rings (SSSR count). The van der Waals surface area contributed by atoms with Crippen molar-refractivity contribution in [3.05, 3.63) is 0 Å². The second-order valence-electron chi connectivity index (χ2n) is 7.96. The highest BCUT2D eigenvalue weighted by atomic mass is 16.5. The molecule has 2 fully saturated rings. The van der Waals surface area contributed by atoms with E-state index in [1.165, 1.54) is 32.1 Å². The molecule has 2 aliphatic carbocycles. The summed E-state index contributed by atoms with van der Waals surface area (Å²) in [7, 11) is 0. The van der Waals surface area contributed by atoms with Gasteiger partial charge in [-0.2, -0.15) is 5.26 Å². The van der Waals surface area contributed by atoms with Crippen molar-refractivity contribution >= 4 is 0 Å². The summed E-state index contributed by atoms with van der Waals surface area (Å²) in [4.78, 5) is 0. The van der Waals surface area contributed by atoms with Crippen molar-refractivity contribution in [3.8, 4) is 6.07 Å². The highest BCUT2D eigenvalue weighted by Crippen LogP contribution is 2.52. The first-order chi connectivity index (χ1) is 9.43. The summed E-state index contributed by atoms with van der Waals surface area (Å²) in [5.74, 6) is 2.02. The van der Waals surface area contributed by atoms with E-state index in [-0.39, 0.29) is 11.0 Å². The summed E-state index contributed by atoms with van der Waals surface area (Å²) < 4.78 is 6.54. The number of ether oxygens (including phenoxy) is 1. The second kappa shape index (κ2) is 6.06. The molecule has 4 unspecified atom stereocenters. The summed E-state index contributed by atoms with van der Waals surface area (Å²) in [6.45, 7) is 9.87. The molecule has 2 heteroatoms. The lowest BCUT2D eigenvalue weighted by atomic mass is 9.59. The summed E-state index contributed by atoms with van der Waals surface area (Å²) in [5, 5.41) is 9.36. The van der Waals surface area contributed by atoms with Gasteiger partial charge in [0.25, 0.3) is 0 Å². The number of rotatable bonds is 5. The number of fused-ring (bicyclic) bond motifs is 2. The SMILES string of the molecule is CCC(C)(C)COC1(CC#N)C(C)CC2CCCC1C2. The van der Waals surface area contributed by atoms with E-state index in [1.54, 1.807) is 0 Å². The molecular weight excluding hydrogens is 246 g/mol. The van der Waals surface area contributed by atoms with E-state index in [9.17, 15) is 5.26 Å². The van der Waals surface area contributed by atoms with Crippen LogP contribution in [0.2, 0.25) is 0 Å². The van der Waals surface area contributed by atoms with Crippen LogP contribution in [0.15, 0.2) is 0 Å². The minimum Gasteiger partial charge on any atom is -0.373 e. The molecule has 0 aromatic rings. The topological polar surface area (TPSA) is 33.0 Å². The fourth-order valence-electron chi connectivity index (χ4n) is 4.24. The summed E-state index contributed by atoms with van der Waals surface area (Å²) in [6.07, 6.45) is 8.22. The monoisotopic (exact) mass is 277 g/mol. The smallest absolute Gasteiger partial charge is 0.0865 e. The molecule has 0 amide bonds. The highest BCUT2D eigenvalue weighted by Gasteiger charge is 2.50. The van der Waals surface area contributed by atoms with Crippen LogP contribution in [0, 0.1) is 34.5 Å². The predicted octanol–water partition coefficient (Wildman–Crippen LogP) is 4.94. The second-order valence-corrected chi connectivity index (χ2v) is 7.96. The van der Waals surface area contributed by atoms with Gasteiger partial charge in [-0.3, -0.25) is 0 Å². The number of nitriles is 1. The lowest BCUT2D eigenvalue weighted by Crippen LogP contribution is -2.53. The average Bonchev–Trinajstić information content (AvgIpc) is 2.42. The maximum absolute atomic E-state index is 9.36. The molecule has 0 saturated heterocycles. The van der Waals surface area contributed by atoms with Gasteiger partial charge < -0.3 is 4.74 Å². The van der Waals surface area contributed by atoms with Gasteiger partial charge in [0.2, 0.25) is 0 Å². The minimum absolute atomic E-state index is 0.169. The van der Waals surface area contributed by atoms with Crippen molar-refractivity contribution in [1.29, 1.82) is 5.26 Å². The van der Waals surface area contributed by atoms with E-state index in [0.29, 0.717) is 18.3 Å². The van der Waals surface area contributed by atoms with Crippen LogP contribution in [0.3, 0.4) is 0 Å². The van der Waals surface area contributed by atoms with Gasteiger partial charge in [0.1, 0.15) is 0 Å². The van der Waals surface area contributed by atoms with Crippen LogP contribution >= 0.6 is 0 Å². The third kappa shape index (κ3) is 3.03. The van der Waals surface area contributed by atoms with Crippen LogP contribution in [0.5, 0.6) is 0 Å². The first-order valence-electron chi connectivity index (χ1n) is 8.44. The molecule has 2 nitrogen and oxygen atoms in total. The zero-order valence-electron chi connectivity index (χ0n) is 13.7. The van der Waals surface area contributed by atoms with Crippen molar-refractivity contribution in [2.45, 2.75) is 78.2 Å². The standard InChI is InChI=1S/C18H31NO/c1-5-17(3,4)13-20-18(9-10-19)14(2)11-15-7-6-8-16(18)12-15/h14-16H,5-9,11-13H2,1-4H3. The molecule has 0 spiro atoms. The van der Waals surface area contributed by atoms with Crippen molar-refractivity contribution in [2.24, 2.45) is 23.2 Å². The van der Waals surface area contributed by atoms with E-state index in [2.05, 4.69) is 33.8 Å². The third-order valence-corrected chi connectivity index (χ3v) is 6.04. The van der Waals surface area contributed by atoms with Crippen LogP contribution in [0.1, 0.15) is 72.6 Å². The van der Waals surface area contributed by atoms with Crippen molar-refractivity contribution in [1.82, 2.24) is 0 Å². The first kappa shape index (κ1) is 15.8. The molecule has 20 heavy (non-hydrogen) atoms. The Labute approximate surface area is 124 Å². The third-order valence-electron chi connectivity index (χ3n) is 6.04. The number of hydrogen-bond donors (Lipinski definition) is 0. The largest absolute Gasteiger partial charge is 0.373 e. The van der Waals surface area contributed by atoms with Crippen LogP contribution in [0.25, 0.3) is 0 Å². The Kier molecular flexibility index (Phi) is 4.80. The van der Waals surface area contributed by atoms with E-state index >= 15 is 0 Å². The lowest BCUT2D eigenvalue weighted by molar-refractivity contribution is -0.174. The van der Waals surface area contributed by atoms with E-state index in [4.69, 9.17) is 4.74 Å². The Morgan fingerprint density at radius 2 is 2.05 bits per heavy atom. The van der Waals surface area contributed by atoms with Crippen LogP contribution < -0.4 is 0 Å². The molecule has 0 radical (unpaired) electrons. The Morgan fingerprint density at radius 3 is 2.70 bits per heavy atom. The van der Waals surface area contributed by atoms with E-state index in [0.717, 1.165) is 18.9 Å². The zero-order valence-corrected chi connectivity index (χ0v) is 13.7. The number of nitrogens with zero attached hydrogens (tertiary/aromatic N) is 1. The van der Waals surface area contributed by atoms with Crippen LogP contribution in [-0.2, 0) is 4.74 Å². The van der Waals surface area contributed by atoms with Crippen LogP contribution in [-0.4, -0.2) is 12.2 Å². The van der Waals surface area contributed by atoms with Gasteiger partial charge in [-0.1, -0.05) is 40.5 Å². The van der Waals surface area contributed by atoms with Crippen LogP contribution in [0.4, 0.5) is 0 Å².